The van der Waals surface area contributed by atoms with Crippen molar-refractivity contribution >= 4 is 21.6 Å². The zero-order valence-corrected chi connectivity index (χ0v) is 11.4. The summed E-state index contributed by atoms with van der Waals surface area (Å²) in [4.78, 5) is 3.99. The van der Waals surface area contributed by atoms with Crippen molar-refractivity contribution in [1.82, 2.24) is 4.98 Å². The third-order valence-electron chi connectivity index (χ3n) is 2.87. The van der Waals surface area contributed by atoms with Gasteiger partial charge >= 0.3 is 0 Å². The fourth-order valence-electron chi connectivity index (χ4n) is 1.73. The van der Waals surface area contributed by atoms with E-state index in [-0.39, 0.29) is 6.10 Å². The Labute approximate surface area is 105 Å². The normalized spacial score (nSPS) is 12.8. The molecule has 16 heavy (non-hydrogen) atoms. The molecule has 0 amide bonds. The maximum Gasteiger partial charge on any atom is 0.0740 e. The van der Waals surface area contributed by atoms with Crippen molar-refractivity contribution in [2.75, 3.05) is 11.9 Å². The topological polar surface area (TPSA) is 45.1 Å². The van der Waals surface area contributed by atoms with Crippen LogP contribution in [0, 0.1) is 5.92 Å². The lowest BCUT2D eigenvalue weighted by Gasteiger charge is -2.21. The summed E-state index contributed by atoms with van der Waals surface area (Å²) >= 11 is 3.41. The number of nitrogens with one attached hydrogen (secondary N) is 1. The molecule has 1 rings (SSSR count). The van der Waals surface area contributed by atoms with E-state index in [0.717, 1.165) is 23.0 Å². The molecule has 4 heteroatoms. The molecule has 0 radical (unpaired) electrons. The van der Waals surface area contributed by atoms with E-state index in [9.17, 15) is 5.11 Å². The molecule has 0 aliphatic heterocycles. The highest BCUT2D eigenvalue weighted by molar-refractivity contribution is 9.10. The highest BCUT2D eigenvalue weighted by Gasteiger charge is 2.15. The van der Waals surface area contributed by atoms with E-state index in [4.69, 9.17) is 0 Å². The summed E-state index contributed by atoms with van der Waals surface area (Å²) in [6.07, 6.45) is 5.20. The largest absolute Gasteiger partial charge is 0.391 e. The van der Waals surface area contributed by atoms with E-state index in [1.807, 2.05) is 6.07 Å². The van der Waals surface area contributed by atoms with Gasteiger partial charge in [0.25, 0.3) is 0 Å². The van der Waals surface area contributed by atoms with Crippen LogP contribution in [-0.2, 0) is 0 Å². The van der Waals surface area contributed by atoms with E-state index in [0.29, 0.717) is 12.5 Å². The van der Waals surface area contributed by atoms with Crippen molar-refractivity contribution in [2.24, 2.45) is 5.92 Å². The predicted molar refractivity (Wildman–Crippen MR) is 70.5 cm³/mol. The standard InChI is InChI=1S/C12H19BrN2O/c1-3-9(4-2)12(16)8-15-11-5-6-14-7-10(11)13/h5-7,9,12,16H,3-4,8H2,1-2H3,(H,14,15). The van der Waals surface area contributed by atoms with Crippen molar-refractivity contribution in [3.63, 3.8) is 0 Å². The van der Waals surface area contributed by atoms with Crippen LogP contribution in [0.15, 0.2) is 22.9 Å². The molecule has 2 N–H and O–H groups in total. The van der Waals surface area contributed by atoms with Crippen LogP contribution < -0.4 is 5.32 Å². The summed E-state index contributed by atoms with van der Waals surface area (Å²) < 4.78 is 0.923. The summed E-state index contributed by atoms with van der Waals surface area (Å²) in [6, 6.07) is 1.89. The number of aliphatic hydroxyl groups is 1. The van der Waals surface area contributed by atoms with Crippen LogP contribution >= 0.6 is 15.9 Å². The summed E-state index contributed by atoms with van der Waals surface area (Å²) in [7, 11) is 0. The minimum absolute atomic E-state index is 0.296. The van der Waals surface area contributed by atoms with Crippen molar-refractivity contribution < 1.29 is 5.11 Å². The molecular formula is C12H19BrN2O. The molecule has 0 saturated heterocycles. The van der Waals surface area contributed by atoms with Gasteiger partial charge < -0.3 is 10.4 Å². The Balaban J connectivity index is 2.48. The van der Waals surface area contributed by atoms with Crippen LogP contribution in [0.3, 0.4) is 0 Å². The molecule has 0 bridgehead atoms. The van der Waals surface area contributed by atoms with Gasteiger partial charge in [0.2, 0.25) is 0 Å². The number of hydrogen-bond acceptors (Lipinski definition) is 3. The molecule has 1 aromatic rings. The van der Waals surface area contributed by atoms with Crippen molar-refractivity contribution in [3.05, 3.63) is 22.9 Å². The monoisotopic (exact) mass is 286 g/mol. The van der Waals surface area contributed by atoms with E-state index >= 15 is 0 Å². The van der Waals surface area contributed by atoms with Crippen LogP contribution in [0.1, 0.15) is 26.7 Å². The Bertz CT molecular complexity index is 316. The second-order valence-corrected chi connectivity index (χ2v) is 4.73. The highest BCUT2D eigenvalue weighted by Crippen LogP contribution is 2.21. The average Bonchev–Trinajstić information content (AvgIpc) is 2.29. The summed E-state index contributed by atoms with van der Waals surface area (Å²) in [5.74, 6) is 0.369. The Morgan fingerprint density at radius 3 is 2.69 bits per heavy atom. The van der Waals surface area contributed by atoms with Gasteiger partial charge in [-0.15, -0.1) is 0 Å². The van der Waals surface area contributed by atoms with E-state index in [1.54, 1.807) is 12.4 Å². The van der Waals surface area contributed by atoms with Gasteiger partial charge in [0.15, 0.2) is 0 Å². The van der Waals surface area contributed by atoms with Gasteiger partial charge in [-0.05, 0) is 27.9 Å². The summed E-state index contributed by atoms with van der Waals surface area (Å²) in [5.41, 5.74) is 0.972. The van der Waals surface area contributed by atoms with Crippen molar-refractivity contribution in [1.29, 1.82) is 0 Å². The molecule has 3 nitrogen and oxygen atoms in total. The molecular weight excluding hydrogens is 268 g/mol. The highest BCUT2D eigenvalue weighted by atomic mass is 79.9. The first-order valence-corrected chi connectivity index (χ1v) is 6.49. The van der Waals surface area contributed by atoms with Crippen LogP contribution in [0.4, 0.5) is 5.69 Å². The minimum atomic E-state index is -0.296. The van der Waals surface area contributed by atoms with Crippen LogP contribution in [0.25, 0.3) is 0 Å². The smallest absolute Gasteiger partial charge is 0.0740 e. The molecule has 0 aliphatic rings. The molecule has 0 fully saturated rings. The second kappa shape index (κ2) is 6.86. The number of pyridine rings is 1. The number of halogens is 1. The van der Waals surface area contributed by atoms with Gasteiger partial charge in [-0.2, -0.15) is 0 Å². The van der Waals surface area contributed by atoms with Gasteiger partial charge in [-0.1, -0.05) is 26.7 Å². The number of aliphatic hydroxyl groups excluding tert-OH is 1. The third kappa shape index (κ3) is 3.76. The number of nitrogens with zero attached hydrogens (tertiary/aromatic N) is 1. The van der Waals surface area contributed by atoms with Crippen LogP contribution in [0.2, 0.25) is 0 Å². The third-order valence-corrected chi connectivity index (χ3v) is 3.50. The number of hydrogen-bond donors (Lipinski definition) is 2. The molecule has 0 spiro atoms. The number of aromatic nitrogens is 1. The SMILES string of the molecule is CCC(CC)C(O)CNc1ccncc1Br. The fourth-order valence-corrected chi connectivity index (χ4v) is 2.12. The molecule has 0 aromatic carbocycles. The first-order valence-electron chi connectivity index (χ1n) is 5.70. The average molecular weight is 287 g/mol. The van der Waals surface area contributed by atoms with Gasteiger partial charge in [-0.3, -0.25) is 4.98 Å². The second-order valence-electron chi connectivity index (χ2n) is 3.88. The summed E-state index contributed by atoms with van der Waals surface area (Å²) in [6.45, 7) is 4.80. The van der Waals surface area contributed by atoms with E-state index in [1.165, 1.54) is 0 Å². The Hall–Kier alpha value is -0.610. The van der Waals surface area contributed by atoms with Crippen LogP contribution in [-0.4, -0.2) is 22.7 Å². The molecule has 1 aromatic heterocycles. The molecule has 0 aliphatic carbocycles. The summed E-state index contributed by atoms with van der Waals surface area (Å²) in [5, 5.41) is 13.2. The van der Waals surface area contributed by atoms with Crippen molar-refractivity contribution in [2.45, 2.75) is 32.8 Å². The quantitative estimate of drug-likeness (QED) is 0.845. The first kappa shape index (κ1) is 13.5. The number of anilines is 1. The number of rotatable bonds is 6. The Morgan fingerprint density at radius 2 is 2.12 bits per heavy atom. The minimum Gasteiger partial charge on any atom is -0.391 e. The molecule has 0 saturated carbocycles. The lowest BCUT2D eigenvalue weighted by Crippen LogP contribution is -2.27. The first-order chi connectivity index (χ1) is 7.69. The van der Waals surface area contributed by atoms with Gasteiger partial charge in [0.05, 0.1) is 16.3 Å². The van der Waals surface area contributed by atoms with E-state index in [2.05, 4.69) is 40.1 Å². The van der Waals surface area contributed by atoms with Crippen LogP contribution in [0.5, 0.6) is 0 Å². The lowest BCUT2D eigenvalue weighted by molar-refractivity contribution is 0.114. The van der Waals surface area contributed by atoms with Crippen molar-refractivity contribution in [3.8, 4) is 0 Å². The fraction of sp³-hybridized carbons (Fsp3) is 0.583. The molecule has 1 heterocycles. The zero-order valence-electron chi connectivity index (χ0n) is 9.78. The Morgan fingerprint density at radius 1 is 1.44 bits per heavy atom. The predicted octanol–water partition coefficient (Wildman–Crippen LogP) is 3.05. The lowest BCUT2D eigenvalue weighted by atomic mass is 9.96. The van der Waals surface area contributed by atoms with E-state index < -0.39 is 0 Å². The van der Waals surface area contributed by atoms with Gasteiger partial charge in [0, 0.05) is 18.9 Å². The maximum absolute atomic E-state index is 9.97. The zero-order chi connectivity index (χ0) is 12.0. The maximum atomic E-state index is 9.97. The Kier molecular flexibility index (Phi) is 5.77. The van der Waals surface area contributed by atoms with Gasteiger partial charge in [-0.25, -0.2) is 0 Å². The van der Waals surface area contributed by atoms with Gasteiger partial charge in [0.1, 0.15) is 0 Å². The molecule has 1 unspecified atom stereocenters. The molecule has 90 valence electrons. The molecule has 1 atom stereocenters.